The maximum absolute atomic E-state index is 11.3. The molecule has 6 nitrogen and oxygen atoms in total. The minimum atomic E-state index is -2.92. The number of guanidine groups is 1. The van der Waals surface area contributed by atoms with Gasteiger partial charge in [0, 0.05) is 39.1 Å². The number of ether oxygens (including phenoxy) is 1. The Morgan fingerprint density at radius 3 is 2.37 bits per heavy atom. The molecule has 0 aromatic rings. The number of aliphatic imine (C=N–C) groups is 1. The second-order valence-electron chi connectivity index (χ2n) is 3.71. The molecule has 0 atom stereocenters. The zero-order valence-electron chi connectivity index (χ0n) is 11.9. The van der Waals surface area contributed by atoms with E-state index in [4.69, 9.17) is 4.74 Å². The Kier molecular flexibility index (Phi) is 14.4. The Hall–Kier alpha value is -0.0900. The first-order chi connectivity index (χ1) is 8.55. The van der Waals surface area contributed by atoms with Gasteiger partial charge in [0.05, 0.1) is 5.75 Å². The van der Waals surface area contributed by atoms with Crippen molar-refractivity contribution in [1.82, 2.24) is 10.6 Å². The molecule has 8 heteroatoms. The van der Waals surface area contributed by atoms with E-state index < -0.39 is 9.84 Å². The summed E-state index contributed by atoms with van der Waals surface area (Å²) in [5, 5.41) is 6.07. The maximum Gasteiger partial charge on any atom is 0.191 e. The fraction of sp³-hybridized carbons (Fsp3) is 0.909. The highest BCUT2D eigenvalue weighted by atomic mass is 127. The van der Waals surface area contributed by atoms with E-state index in [0.29, 0.717) is 19.1 Å². The summed E-state index contributed by atoms with van der Waals surface area (Å²) < 4.78 is 27.8. The molecule has 116 valence electrons. The molecule has 0 rings (SSSR count). The summed E-state index contributed by atoms with van der Waals surface area (Å²) in [7, 11) is -1.26. The summed E-state index contributed by atoms with van der Waals surface area (Å²) >= 11 is 0. The Morgan fingerprint density at radius 2 is 1.84 bits per heavy atom. The van der Waals surface area contributed by atoms with Gasteiger partial charge in [0.2, 0.25) is 0 Å². The topological polar surface area (TPSA) is 79.8 Å². The first kappa shape index (κ1) is 21.2. The Labute approximate surface area is 133 Å². The summed E-state index contributed by atoms with van der Waals surface area (Å²) in [6.07, 6.45) is 0.891. The van der Waals surface area contributed by atoms with Gasteiger partial charge in [-0.1, -0.05) is 6.92 Å². The third-order valence-electron chi connectivity index (χ3n) is 2.33. The van der Waals surface area contributed by atoms with E-state index in [-0.39, 0.29) is 35.5 Å². The van der Waals surface area contributed by atoms with E-state index in [9.17, 15) is 8.42 Å². The monoisotopic (exact) mass is 407 g/mol. The van der Waals surface area contributed by atoms with Crippen molar-refractivity contribution in [3.63, 3.8) is 0 Å². The lowest BCUT2D eigenvalue weighted by Gasteiger charge is -2.11. The molecule has 2 N–H and O–H groups in total. The van der Waals surface area contributed by atoms with Crippen molar-refractivity contribution in [3.05, 3.63) is 0 Å². The third-order valence-corrected chi connectivity index (χ3v) is 4.04. The molecule has 19 heavy (non-hydrogen) atoms. The van der Waals surface area contributed by atoms with Crippen LogP contribution in [0.4, 0.5) is 0 Å². The fourth-order valence-electron chi connectivity index (χ4n) is 1.22. The van der Waals surface area contributed by atoms with Crippen LogP contribution in [0.1, 0.15) is 20.3 Å². The largest absolute Gasteiger partial charge is 0.382 e. The maximum atomic E-state index is 11.3. The van der Waals surface area contributed by atoms with Gasteiger partial charge in [-0.25, -0.2) is 8.42 Å². The molecule has 0 bridgehead atoms. The van der Waals surface area contributed by atoms with Gasteiger partial charge < -0.3 is 15.4 Å². The van der Waals surface area contributed by atoms with Crippen molar-refractivity contribution in [3.8, 4) is 0 Å². The Balaban J connectivity index is 0. The predicted octanol–water partition coefficient (Wildman–Crippen LogP) is 0.631. The van der Waals surface area contributed by atoms with Crippen LogP contribution < -0.4 is 10.6 Å². The number of rotatable bonds is 9. The van der Waals surface area contributed by atoms with E-state index in [2.05, 4.69) is 15.6 Å². The van der Waals surface area contributed by atoms with Crippen LogP contribution in [0.2, 0.25) is 0 Å². The number of sulfone groups is 1. The molecule has 0 amide bonds. The van der Waals surface area contributed by atoms with E-state index >= 15 is 0 Å². The van der Waals surface area contributed by atoms with Crippen LogP contribution in [-0.2, 0) is 14.6 Å². The van der Waals surface area contributed by atoms with Crippen molar-refractivity contribution < 1.29 is 13.2 Å². The molecule has 0 aromatic heterocycles. The van der Waals surface area contributed by atoms with Gasteiger partial charge in [-0.05, 0) is 13.3 Å². The Morgan fingerprint density at radius 1 is 1.21 bits per heavy atom. The minimum absolute atomic E-state index is 0. The molecule has 0 fully saturated rings. The summed E-state index contributed by atoms with van der Waals surface area (Å²) in [5.74, 6) is 0.927. The first-order valence-electron chi connectivity index (χ1n) is 6.28. The number of halogens is 1. The minimum Gasteiger partial charge on any atom is -0.382 e. The van der Waals surface area contributed by atoms with Crippen LogP contribution in [0, 0.1) is 0 Å². The zero-order valence-corrected chi connectivity index (χ0v) is 15.1. The molecule has 0 aliphatic rings. The molecule has 0 aliphatic heterocycles. The van der Waals surface area contributed by atoms with Crippen LogP contribution in [0.25, 0.3) is 0 Å². The van der Waals surface area contributed by atoms with Gasteiger partial charge in [0.25, 0.3) is 0 Å². The molecular formula is C11H26IN3O3S. The molecule has 0 aliphatic carbocycles. The molecule has 0 saturated carbocycles. The molecular weight excluding hydrogens is 381 g/mol. The van der Waals surface area contributed by atoms with Gasteiger partial charge in [-0.3, -0.25) is 4.99 Å². The number of nitrogens with zero attached hydrogens (tertiary/aromatic N) is 1. The number of hydrogen-bond acceptors (Lipinski definition) is 4. The van der Waals surface area contributed by atoms with Gasteiger partial charge in [-0.2, -0.15) is 0 Å². The van der Waals surface area contributed by atoms with Crippen LogP contribution in [0.3, 0.4) is 0 Å². The fourth-order valence-corrected chi connectivity index (χ4v) is 1.92. The van der Waals surface area contributed by atoms with Crippen molar-refractivity contribution in [1.29, 1.82) is 0 Å². The standard InChI is InChI=1S/C11H25N3O3S.HI/c1-4-17-9-6-7-13-11(12-3)14-8-10-18(15,16)5-2;/h4-10H2,1-3H3,(H2,12,13,14);1H. The van der Waals surface area contributed by atoms with Crippen LogP contribution >= 0.6 is 24.0 Å². The highest BCUT2D eigenvalue weighted by molar-refractivity contribution is 14.0. The van der Waals surface area contributed by atoms with Crippen molar-refractivity contribution in [2.45, 2.75) is 20.3 Å². The van der Waals surface area contributed by atoms with E-state index in [1.54, 1.807) is 14.0 Å². The van der Waals surface area contributed by atoms with Crippen LogP contribution in [0.15, 0.2) is 4.99 Å². The lowest BCUT2D eigenvalue weighted by molar-refractivity contribution is 0.145. The number of nitrogens with one attached hydrogen (secondary N) is 2. The molecule has 0 radical (unpaired) electrons. The summed E-state index contributed by atoms with van der Waals surface area (Å²) in [4.78, 5) is 4.01. The Bertz CT molecular complexity index is 334. The molecule has 0 aromatic carbocycles. The average molecular weight is 407 g/mol. The molecule has 0 saturated heterocycles. The van der Waals surface area contributed by atoms with E-state index in [1.807, 2.05) is 6.92 Å². The van der Waals surface area contributed by atoms with Crippen LogP contribution in [-0.4, -0.2) is 59.2 Å². The summed E-state index contributed by atoms with van der Waals surface area (Å²) in [6, 6.07) is 0. The normalized spacial score (nSPS) is 11.8. The van der Waals surface area contributed by atoms with Crippen molar-refractivity contribution in [2.75, 3.05) is 44.9 Å². The van der Waals surface area contributed by atoms with Gasteiger partial charge in [0.15, 0.2) is 15.8 Å². The van der Waals surface area contributed by atoms with Gasteiger partial charge in [0.1, 0.15) is 0 Å². The summed E-state index contributed by atoms with van der Waals surface area (Å²) in [6.45, 7) is 6.17. The smallest absolute Gasteiger partial charge is 0.191 e. The highest BCUT2D eigenvalue weighted by Crippen LogP contribution is 1.87. The number of hydrogen-bond donors (Lipinski definition) is 2. The third kappa shape index (κ3) is 12.7. The quantitative estimate of drug-likeness (QED) is 0.254. The van der Waals surface area contributed by atoms with E-state index in [0.717, 1.165) is 19.6 Å². The lowest BCUT2D eigenvalue weighted by atomic mass is 10.4. The van der Waals surface area contributed by atoms with Gasteiger partial charge >= 0.3 is 0 Å². The van der Waals surface area contributed by atoms with E-state index in [1.165, 1.54) is 0 Å². The van der Waals surface area contributed by atoms with Crippen molar-refractivity contribution >= 4 is 39.8 Å². The second kappa shape index (κ2) is 12.9. The second-order valence-corrected chi connectivity index (χ2v) is 6.19. The predicted molar refractivity (Wildman–Crippen MR) is 90.2 cm³/mol. The molecule has 0 heterocycles. The first-order valence-corrected chi connectivity index (χ1v) is 8.10. The molecule has 0 spiro atoms. The highest BCUT2D eigenvalue weighted by Gasteiger charge is 2.06. The summed E-state index contributed by atoms with van der Waals surface area (Å²) in [5.41, 5.74) is 0. The lowest BCUT2D eigenvalue weighted by Crippen LogP contribution is -2.40. The zero-order chi connectivity index (χ0) is 13.9. The van der Waals surface area contributed by atoms with Crippen molar-refractivity contribution in [2.24, 2.45) is 4.99 Å². The van der Waals surface area contributed by atoms with Gasteiger partial charge in [-0.15, -0.1) is 24.0 Å². The molecule has 0 unspecified atom stereocenters. The average Bonchev–Trinajstić information content (AvgIpc) is 2.36. The SMILES string of the molecule is CCOCCCNC(=NC)NCCS(=O)(=O)CC.I. The van der Waals surface area contributed by atoms with Crippen LogP contribution in [0.5, 0.6) is 0 Å².